The van der Waals surface area contributed by atoms with Crippen LogP contribution >= 0.6 is 0 Å². The second kappa shape index (κ2) is 2.98. The van der Waals surface area contributed by atoms with Crippen molar-refractivity contribution in [2.45, 2.75) is 19.1 Å². The minimum absolute atomic E-state index is 0.0243. The van der Waals surface area contributed by atoms with Crippen LogP contribution < -0.4 is 5.32 Å². The van der Waals surface area contributed by atoms with E-state index in [2.05, 4.69) is 5.32 Å². The van der Waals surface area contributed by atoms with Gasteiger partial charge >= 0.3 is 0 Å². The van der Waals surface area contributed by atoms with Crippen molar-refractivity contribution in [3.05, 3.63) is 0 Å². The summed E-state index contributed by atoms with van der Waals surface area (Å²) in [6.07, 6.45) is 2.56. The van der Waals surface area contributed by atoms with E-state index in [4.69, 9.17) is 9.47 Å². The Labute approximate surface area is 73.4 Å². The highest BCUT2D eigenvalue weighted by Crippen LogP contribution is 2.50. The molecule has 3 nitrogen and oxygen atoms in total. The number of nitrogens with one attached hydrogen (secondary N) is 1. The van der Waals surface area contributed by atoms with E-state index >= 15 is 0 Å². The molecule has 2 rings (SSSR count). The van der Waals surface area contributed by atoms with E-state index in [1.54, 1.807) is 14.2 Å². The Bertz CT molecular complexity index is 156. The number of ether oxygens (including phenoxy) is 2. The molecule has 0 aromatic heterocycles. The van der Waals surface area contributed by atoms with Crippen molar-refractivity contribution in [3.63, 3.8) is 0 Å². The predicted octanol–water partition coefficient (Wildman–Crippen LogP) is 0.605. The Morgan fingerprint density at radius 2 is 1.83 bits per heavy atom. The molecule has 3 heteroatoms. The van der Waals surface area contributed by atoms with Crippen LogP contribution in [0.3, 0.4) is 0 Å². The van der Waals surface area contributed by atoms with Crippen LogP contribution in [0.2, 0.25) is 0 Å². The van der Waals surface area contributed by atoms with Crippen LogP contribution in [0.1, 0.15) is 12.8 Å². The molecule has 1 spiro atoms. The SMILES string of the molecule is COC(OC)C1CC2(CNC2)C1. The fraction of sp³-hybridized carbons (Fsp3) is 1.00. The maximum atomic E-state index is 5.22. The van der Waals surface area contributed by atoms with Gasteiger partial charge in [-0.1, -0.05) is 0 Å². The van der Waals surface area contributed by atoms with Gasteiger partial charge in [0.25, 0.3) is 0 Å². The summed E-state index contributed by atoms with van der Waals surface area (Å²) in [5.41, 5.74) is 0.625. The van der Waals surface area contributed by atoms with Crippen LogP contribution in [0, 0.1) is 11.3 Å². The molecule has 2 fully saturated rings. The first-order valence-electron chi connectivity index (χ1n) is 4.56. The van der Waals surface area contributed by atoms with E-state index in [-0.39, 0.29) is 6.29 Å². The van der Waals surface area contributed by atoms with Gasteiger partial charge in [-0.25, -0.2) is 0 Å². The van der Waals surface area contributed by atoms with E-state index in [9.17, 15) is 0 Å². The fourth-order valence-corrected chi connectivity index (χ4v) is 2.49. The van der Waals surface area contributed by atoms with Crippen LogP contribution in [0.5, 0.6) is 0 Å². The lowest BCUT2D eigenvalue weighted by Gasteiger charge is -2.55. The molecule has 1 aliphatic carbocycles. The minimum Gasteiger partial charge on any atom is -0.356 e. The molecule has 2 aliphatic rings. The Morgan fingerprint density at radius 3 is 2.17 bits per heavy atom. The zero-order chi connectivity index (χ0) is 8.60. The van der Waals surface area contributed by atoms with Crippen LogP contribution in [-0.2, 0) is 9.47 Å². The van der Waals surface area contributed by atoms with Crippen LogP contribution in [0.15, 0.2) is 0 Å². The van der Waals surface area contributed by atoms with Crippen molar-refractivity contribution < 1.29 is 9.47 Å². The van der Waals surface area contributed by atoms with Crippen molar-refractivity contribution in [2.24, 2.45) is 11.3 Å². The topological polar surface area (TPSA) is 30.5 Å². The second-order valence-corrected chi connectivity index (χ2v) is 4.11. The summed E-state index contributed by atoms with van der Waals surface area (Å²) in [6, 6.07) is 0. The van der Waals surface area contributed by atoms with Crippen LogP contribution in [0.25, 0.3) is 0 Å². The predicted molar refractivity (Wildman–Crippen MR) is 45.8 cm³/mol. The van der Waals surface area contributed by atoms with Crippen molar-refractivity contribution in [1.29, 1.82) is 0 Å². The molecule has 0 aromatic carbocycles. The van der Waals surface area contributed by atoms with Gasteiger partial charge in [0.15, 0.2) is 6.29 Å². The quantitative estimate of drug-likeness (QED) is 0.631. The summed E-state index contributed by atoms with van der Waals surface area (Å²) in [5.74, 6) is 0.627. The minimum atomic E-state index is 0.0243. The van der Waals surface area contributed by atoms with Gasteiger partial charge < -0.3 is 14.8 Å². The molecular formula is C9H17NO2. The van der Waals surface area contributed by atoms with Gasteiger partial charge in [0.2, 0.25) is 0 Å². The molecule has 1 saturated heterocycles. The molecule has 1 N–H and O–H groups in total. The van der Waals surface area contributed by atoms with E-state index in [1.165, 1.54) is 25.9 Å². The Hall–Kier alpha value is -0.120. The van der Waals surface area contributed by atoms with Gasteiger partial charge in [-0.15, -0.1) is 0 Å². The van der Waals surface area contributed by atoms with E-state index in [0.717, 1.165) is 0 Å². The van der Waals surface area contributed by atoms with Gasteiger partial charge in [0.05, 0.1) is 0 Å². The highest BCUT2D eigenvalue weighted by Gasteiger charge is 2.50. The molecule has 70 valence electrons. The normalized spacial score (nSPS) is 27.2. The van der Waals surface area contributed by atoms with Crippen molar-refractivity contribution in [2.75, 3.05) is 27.3 Å². The Morgan fingerprint density at radius 1 is 1.25 bits per heavy atom. The molecule has 0 aromatic rings. The summed E-state index contributed by atoms with van der Waals surface area (Å²) < 4.78 is 10.4. The third kappa shape index (κ3) is 1.16. The zero-order valence-corrected chi connectivity index (χ0v) is 7.80. The van der Waals surface area contributed by atoms with Crippen LogP contribution in [-0.4, -0.2) is 33.6 Å². The molecule has 0 unspecified atom stereocenters. The molecule has 1 aliphatic heterocycles. The molecular weight excluding hydrogens is 154 g/mol. The molecule has 1 saturated carbocycles. The zero-order valence-electron chi connectivity index (χ0n) is 7.80. The smallest absolute Gasteiger partial charge is 0.159 e. The van der Waals surface area contributed by atoms with Gasteiger partial charge in [-0.3, -0.25) is 0 Å². The largest absolute Gasteiger partial charge is 0.356 e. The lowest BCUT2D eigenvalue weighted by atomic mass is 9.58. The van der Waals surface area contributed by atoms with E-state index < -0.39 is 0 Å². The highest BCUT2D eigenvalue weighted by atomic mass is 16.7. The number of methoxy groups -OCH3 is 2. The number of hydrogen-bond donors (Lipinski definition) is 1. The average Bonchev–Trinajstić information content (AvgIpc) is 1.91. The van der Waals surface area contributed by atoms with Crippen molar-refractivity contribution in [3.8, 4) is 0 Å². The summed E-state index contributed by atoms with van der Waals surface area (Å²) in [7, 11) is 3.44. The maximum absolute atomic E-state index is 5.22. The third-order valence-electron chi connectivity index (χ3n) is 3.24. The number of hydrogen-bond acceptors (Lipinski definition) is 3. The summed E-state index contributed by atoms with van der Waals surface area (Å²) in [5, 5.41) is 3.32. The van der Waals surface area contributed by atoms with Crippen molar-refractivity contribution >= 4 is 0 Å². The average molecular weight is 171 g/mol. The monoisotopic (exact) mass is 171 g/mol. The first-order valence-corrected chi connectivity index (χ1v) is 4.56. The highest BCUT2D eigenvalue weighted by molar-refractivity contribution is 5.03. The van der Waals surface area contributed by atoms with Gasteiger partial charge in [0, 0.05) is 33.2 Å². The molecule has 0 radical (unpaired) electrons. The summed E-state index contributed by atoms with van der Waals surface area (Å²) in [4.78, 5) is 0. The van der Waals surface area contributed by atoms with E-state index in [0.29, 0.717) is 11.3 Å². The molecule has 0 bridgehead atoms. The van der Waals surface area contributed by atoms with Gasteiger partial charge in [0.1, 0.15) is 0 Å². The first-order chi connectivity index (χ1) is 5.79. The van der Waals surface area contributed by atoms with Gasteiger partial charge in [-0.2, -0.15) is 0 Å². The molecule has 0 atom stereocenters. The fourth-order valence-electron chi connectivity index (χ4n) is 2.49. The summed E-state index contributed by atoms with van der Waals surface area (Å²) >= 11 is 0. The summed E-state index contributed by atoms with van der Waals surface area (Å²) in [6.45, 7) is 2.40. The molecule has 1 heterocycles. The van der Waals surface area contributed by atoms with Gasteiger partial charge in [-0.05, 0) is 18.3 Å². The molecule has 12 heavy (non-hydrogen) atoms. The standard InChI is InChI=1S/C9H17NO2/c1-11-8(12-2)7-3-9(4-7)5-10-6-9/h7-8,10H,3-6H2,1-2H3. The first kappa shape index (κ1) is 8.48. The molecule has 0 amide bonds. The lowest BCUT2D eigenvalue weighted by Crippen LogP contribution is -2.62. The lowest BCUT2D eigenvalue weighted by molar-refractivity contribution is -0.188. The Kier molecular flexibility index (Phi) is 2.10. The maximum Gasteiger partial charge on any atom is 0.159 e. The Balaban J connectivity index is 1.79. The van der Waals surface area contributed by atoms with Crippen molar-refractivity contribution in [1.82, 2.24) is 5.32 Å². The number of rotatable bonds is 3. The van der Waals surface area contributed by atoms with E-state index in [1.807, 2.05) is 0 Å². The second-order valence-electron chi connectivity index (χ2n) is 4.11. The third-order valence-corrected chi connectivity index (χ3v) is 3.24. The van der Waals surface area contributed by atoms with Crippen LogP contribution in [0.4, 0.5) is 0 Å².